The second-order valence-corrected chi connectivity index (χ2v) is 9.47. The van der Waals surface area contributed by atoms with Crippen molar-refractivity contribution in [1.82, 2.24) is 14.9 Å². The number of halogens is 1. The minimum absolute atomic E-state index is 0.180. The fourth-order valence-electron chi connectivity index (χ4n) is 2.23. The van der Waals surface area contributed by atoms with Crippen LogP contribution in [0.1, 0.15) is 18.2 Å². The SMILES string of the molecule is CNC(=O)CSP(=O)(O)OC[C@H]1O[C@@H](n2cc(C)c(=O)[nH]c2=O)C[C@@H]1F. The van der Waals surface area contributed by atoms with Gasteiger partial charge in [-0.05, 0) is 18.3 Å². The zero-order valence-electron chi connectivity index (χ0n) is 14.0. The average Bonchev–Trinajstić information content (AvgIpc) is 2.95. The lowest BCUT2D eigenvalue weighted by molar-refractivity contribution is -0.118. The van der Waals surface area contributed by atoms with E-state index < -0.39 is 49.1 Å². The van der Waals surface area contributed by atoms with Crippen molar-refractivity contribution in [1.29, 1.82) is 0 Å². The minimum Gasteiger partial charge on any atom is -0.358 e. The van der Waals surface area contributed by atoms with E-state index >= 15 is 0 Å². The van der Waals surface area contributed by atoms with Crippen LogP contribution in [0.3, 0.4) is 0 Å². The van der Waals surface area contributed by atoms with Crippen molar-refractivity contribution in [3.05, 3.63) is 32.6 Å². The smallest absolute Gasteiger partial charge is 0.358 e. The number of nitrogens with one attached hydrogen (secondary N) is 2. The number of hydrogen-bond donors (Lipinski definition) is 3. The molecule has 1 amide bonds. The molecule has 1 aromatic heterocycles. The maximum absolute atomic E-state index is 14.1. The molecule has 1 aliphatic heterocycles. The Kier molecular flexibility index (Phi) is 6.80. The van der Waals surface area contributed by atoms with Crippen LogP contribution in [0.15, 0.2) is 15.8 Å². The van der Waals surface area contributed by atoms with Crippen LogP contribution >= 0.6 is 18.2 Å². The summed E-state index contributed by atoms with van der Waals surface area (Å²) < 4.78 is 37.2. The first-order valence-corrected chi connectivity index (χ1v) is 10.7. The van der Waals surface area contributed by atoms with Gasteiger partial charge in [-0.25, -0.2) is 13.8 Å². The highest BCUT2D eigenvalue weighted by atomic mass is 32.7. The lowest BCUT2D eigenvalue weighted by Gasteiger charge is -2.17. The molecule has 146 valence electrons. The number of amides is 1. The van der Waals surface area contributed by atoms with E-state index in [1.807, 2.05) is 0 Å². The van der Waals surface area contributed by atoms with Gasteiger partial charge in [0.25, 0.3) is 5.56 Å². The summed E-state index contributed by atoms with van der Waals surface area (Å²) in [4.78, 5) is 46.1. The molecule has 1 aromatic rings. The first-order valence-electron chi connectivity index (χ1n) is 7.57. The van der Waals surface area contributed by atoms with Crippen molar-refractivity contribution in [3.63, 3.8) is 0 Å². The molecule has 1 aliphatic rings. The number of ether oxygens (including phenoxy) is 1. The summed E-state index contributed by atoms with van der Waals surface area (Å²) in [6.07, 6.45) is -2.60. The molecule has 2 rings (SSSR count). The summed E-state index contributed by atoms with van der Waals surface area (Å²) in [6, 6.07) is 0. The lowest BCUT2D eigenvalue weighted by Crippen LogP contribution is -2.33. The summed E-state index contributed by atoms with van der Waals surface area (Å²) in [5, 5.41) is 2.29. The number of nitrogens with zero attached hydrogens (tertiary/aromatic N) is 1. The van der Waals surface area contributed by atoms with Gasteiger partial charge in [-0.2, -0.15) is 0 Å². The van der Waals surface area contributed by atoms with Gasteiger partial charge in [-0.3, -0.25) is 23.7 Å². The fraction of sp³-hybridized carbons (Fsp3) is 0.615. The molecule has 0 aliphatic carbocycles. The quantitative estimate of drug-likeness (QED) is 0.536. The average molecular weight is 411 g/mol. The monoisotopic (exact) mass is 411 g/mol. The van der Waals surface area contributed by atoms with Crippen LogP contribution < -0.4 is 16.6 Å². The molecule has 0 bridgehead atoms. The number of carbonyl (C=O) groups is 1. The van der Waals surface area contributed by atoms with Gasteiger partial charge in [0.2, 0.25) is 5.91 Å². The maximum atomic E-state index is 14.1. The van der Waals surface area contributed by atoms with Crippen LogP contribution in [0.5, 0.6) is 0 Å². The van der Waals surface area contributed by atoms with Gasteiger partial charge >= 0.3 is 12.5 Å². The van der Waals surface area contributed by atoms with Gasteiger partial charge in [-0.1, -0.05) is 0 Å². The summed E-state index contributed by atoms with van der Waals surface area (Å²) in [5.41, 5.74) is -1.03. The van der Waals surface area contributed by atoms with E-state index in [2.05, 4.69) is 10.3 Å². The third-order valence-electron chi connectivity index (χ3n) is 3.66. The molecule has 10 nitrogen and oxygen atoms in total. The number of aromatic nitrogens is 2. The number of H-pyrrole nitrogens is 1. The molecule has 0 spiro atoms. The van der Waals surface area contributed by atoms with Gasteiger partial charge in [-0.15, -0.1) is 0 Å². The van der Waals surface area contributed by atoms with Crippen LogP contribution in [0.25, 0.3) is 0 Å². The van der Waals surface area contributed by atoms with E-state index in [1.165, 1.54) is 20.2 Å². The van der Waals surface area contributed by atoms with Gasteiger partial charge in [0.1, 0.15) is 18.5 Å². The standard InChI is InChI=1S/C13H19FN3O7PS/c1-7-4-17(13(20)16-12(7)19)11-3-8(14)9(24-11)5-23-25(21,22)26-6-10(18)15-2/h4,8-9,11H,3,5-6H2,1-2H3,(H,15,18)(H,21,22)(H,16,19,20)/t8-,9+,11+/m0/s1. The van der Waals surface area contributed by atoms with Crippen LogP contribution in [-0.2, 0) is 18.6 Å². The summed E-state index contributed by atoms with van der Waals surface area (Å²) in [7, 11) is 1.38. The third kappa shape index (κ3) is 5.27. The first-order chi connectivity index (χ1) is 12.1. The van der Waals surface area contributed by atoms with Gasteiger partial charge in [0, 0.05) is 25.2 Å². The number of aryl methyl sites for hydroxylation is 1. The number of carbonyl (C=O) groups excluding carboxylic acids is 1. The minimum atomic E-state index is -4.16. The summed E-state index contributed by atoms with van der Waals surface area (Å²) >= 11 is 0.403. The van der Waals surface area contributed by atoms with Crippen molar-refractivity contribution in [3.8, 4) is 0 Å². The van der Waals surface area contributed by atoms with Gasteiger partial charge in [0.05, 0.1) is 12.4 Å². The summed E-state index contributed by atoms with van der Waals surface area (Å²) in [5.74, 6) is -0.745. The molecule has 13 heteroatoms. The highest BCUT2D eigenvalue weighted by molar-refractivity contribution is 8.55. The second-order valence-electron chi connectivity index (χ2n) is 5.57. The zero-order valence-corrected chi connectivity index (χ0v) is 15.7. The Labute approximate surface area is 151 Å². The number of aromatic amines is 1. The Morgan fingerprint density at radius 2 is 2.31 bits per heavy atom. The Morgan fingerprint density at radius 3 is 2.96 bits per heavy atom. The van der Waals surface area contributed by atoms with Gasteiger partial charge in [0.15, 0.2) is 0 Å². The van der Waals surface area contributed by atoms with E-state index in [9.17, 15) is 28.2 Å². The Hall–Kier alpha value is -1.46. The van der Waals surface area contributed by atoms with E-state index in [4.69, 9.17) is 9.26 Å². The van der Waals surface area contributed by atoms with Crippen LogP contribution in [-0.4, -0.2) is 52.0 Å². The van der Waals surface area contributed by atoms with Crippen LogP contribution in [0.2, 0.25) is 0 Å². The molecule has 4 atom stereocenters. The molecular formula is C13H19FN3O7PS. The Morgan fingerprint density at radius 1 is 1.62 bits per heavy atom. The van der Waals surface area contributed by atoms with Crippen molar-refractivity contribution in [2.75, 3.05) is 19.4 Å². The normalized spacial score (nSPS) is 25.0. The third-order valence-corrected chi connectivity index (χ3v) is 6.53. The van der Waals surface area contributed by atoms with Crippen LogP contribution in [0, 0.1) is 6.92 Å². The van der Waals surface area contributed by atoms with E-state index in [1.54, 1.807) is 0 Å². The van der Waals surface area contributed by atoms with Crippen molar-refractivity contribution >= 4 is 24.1 Å². The largest absolute Gasteiger partial charge is 0.387 e. The molecule has 0 radical (unpaired) electrons. The highest BCUT2D eigenvalue weighted by Crippen LogP contribution is 2.55. The van der Waals surface area contributed by atoms with Crippen molar-refractivity contribution in [2.24, 2.45) is 0 Å². The molecule has 3 N–H and O–H groups in total. The van der Waals surface area contributed by atoms with E-state index in [-0.39, 0.29) is 17.7 Å². The van der Waals surface area contributed by atoms with E-state index in [0.29, 0.717) is 11.4 Å². The first kappa shape index (κ1) is 20.8. The topological polar surface area (TPSA) is 140 Å². The molecule has 1 saturated heterocycles. The van der Waals surface area contributed by atoms with Crippen molar-refractivity contribution in [2.45, 2.75) is 31.8 Å². The molecule has 2 heterocycles. The second kappa shape index (κ2) is 8.49. The van der Waals surface area contributed by atoms with E-state index in [0.717, 1.165) is 4.57 Å². The molecule has 0 saturated carbocycles. The lowest BCUT2D eigenvalue weighted by atomic mass is 10.2. The Balaban J connectivity index is 1.98. The summed E-state index contributed by atoms with van der Waals surface area (Å²) in [6.45, 7) is -3.20. The molecule has 26 heavy (non-hydrogen) atoms. The predicted molar refractivity (Wildman–Crippen MR) is 91.8 cm³/mol. The van der Waals surface area contributed by atoms with Gasteiger partial charge < -0.3 is 14.9 Å². The number of rotatable bonds is 7. The Bertz CT molecular complexity index is 829. The number of hydrogen-bond acceptors (Lipinski definition) is 7. The molecular weight excluding hydrogens is 392 g/mol. The molecule has 0 aromatic carbocycles. The fourth-order valence-corrected chi connectivity index (χ4v) is 4.31. The van der Waals surface area contributed by atoms with Crippen molar-refractivity contribution < 1.29 is 27.9 Å². The number of alkyl halides is 1. The predicted octanol–water partition coefficient (Wildman–Crippen LogP) is 0.0668. The maximum Gasteiger partial charge on any atom is 0.387 e. The van der Waals surface area contributed by atoms with Crippen LogP contribution in [0.4, 0.5) is 4.39 Å². The molecule has 1 fully saturated rings. The molecule has 1 unspecified atom stereocenters. The highest BCUT2D eigenvalue weighted by Gasteiger charge is 2.38. The zero-order chi connectivity index (χ0) is 19.5.